The van der Waals surface area contributed by atoms with Gasteiger partial charge in [0.2, 0.25) is 24.5 Å². The van der Waals surface area contributed by atoms with Crippen molar-refractivity contribution >= 4 is 29.6 Å². The first kappa shape index (κ1) is 19.1. The van der Waals surface area contributed by atoms with E-state index in [0.29, 0.717) is 18.0 Å². The summed E-state index contributed by atoms with van der Waals surface area (Å²) in [6, 6.07) is 4.99. The molecule has 0 unspecified atom stereocenters. The fourth-order valence-corrected chi connectivity index (χ4v) is 3.31. The maximum absolute atomic E-state index is 12.1. The highest BCUT2D eigenvalue weighted by molar-refractivity contribution is 7.99. The Morgan fingerprint density at radius 1 is 1.24 bits per heavy atom. The Morgan fingerprint density at radius 2 is 2.10 bits per heavy atom. The van der Waals surface area contributed by atoms with Crippen LogP contribution < -0.4 is 20.1 Å². The van der Waals surface area contributed by atoms with Crippen LogP contribution in [0.25, 0.3) is 0 Å². The van der Waals surface area contributed by atoms with Crippen LogP contribution in [0.5, 0.6) is 11.5 Å². The van der Waals surface area contributed by atoms with Crippen molar-refractivity contribution in [3.05, 3.63) is 29.7 Å². The lowest BCUT2D eigenvalue weighted by atomic mass is 10.2. The van der Waals surface area contributed by atoms with Crippen molar-refractivity contribution in [2.75, 3.05) is 19.1 Å². The van der Waals surface area contributed by atoms with E-state index in [1.807, 2.05) is 12.1 Å². The molecule has 3 heterocycles. The SMILES string of the molecule is O=C(CSc1nnc(CN2CCC(=O)NC2=O)o1)NCc1ccc2c(c1)OCO2. The molecule has 2 N–H and O–H groups in total. The number of nitrogens with one attached hydrogen (secondary N) is 2. The second kappa shape index (κ2) is 8.39. The number of imide groups is 1. The van der Waals surface area contributed by atoms with Gasteiger partial charge in [-0.15, -0.1) is 10.2 Å². The van der Waals surface area contributed by atoms with E-state index in [0.717, 1.165) is 17.3 Å². The molecule has 4 rings (SSSR count). The molecule has 29 heavy (non-hydrogen) atoms. The molecule has 4 amide bonds. The third-order valence-electron chi connectivity index (χ3n) is 4.17. The molecule has 11 nitrogen and oxygen atoms in total. The van der Waals surface area contributed by atoms with Gasteiger partial charge < -0.3 is 24.1 Å². The van der Waals surface area contributed by atoms with Crippen LogP contribution in [0.4, 0.5) is 4.79 Å². The summed E-state index contributed by atoms with van der Waals surface area (Å²) in [5, 5.41) is 13.0. The van der Waals surface area contributed by atoms with Gasteiger partial charge in [0.05, 0.1) is 5.75 Å². The number of thioether (sulfide) groups is 1. The highest BCUT2D eigenvalue weighted by Gasteiger charge is 2.24. The van der Waals surface area contributed by atoms with E-state index >= 15 is 0 Å². The number of benzene rings is 1. The van der Waals surface area contributed by atoms with Crippen LogP contribution in [0.2, 0.25) is 0 Å². The van der Waals surface area contributed by atoms with Crippen LogP contribution in [0.15, 0.2) is 27.8 Å². The molecule has 0 spiro atoms. The summed E-state index contributed by atoms with van der Waals surface area (Å²) in [5.41, 5.74) is 0.894. The zero-order chi connectivity index (χ0) is 20.2. The van der Waals surface area contributed by atoms with E-state index in [9.17, 15) is 14.4 Å². The van der Waals surface area contributed by atoms with Gasteiger partial charge in [-0.25, -0.2) is 4.79 Å². The number of aromatic nitrogens is 2. The number of carbonyl (C=O) groups excluding carboxylic acids is 3. The lowest BCUT2D eigenvalue weighted by Crippen LogP contribution is -2.48. The molecule has 1 saturated heterocycles. The zero-order valence-electron chi connectivity index (χ0n) is 15.2. The van der Waals surface area contributed by atoms with E-state index in [2.05, 4.69) is 20.8 Å². The second-order valence-corrected chi connectivity index (χ2v) is 7.17. The first-order valence-corrected chi connectivity index (χ1v) is 9.74. The third kappa shape index (κ3) is 4.77. The molecule has 2 aliphatic rings. The van der Waals surface area contributed by atoms with Crippen molar-refractivity contribution < 1.29 is 28.3 Å². The van der Waals surface area contributed by atoms with Gasteiger partial charge in [-0.1, -0.05) is 17.8 Å². The van der Waals surface area contributed by atoms with Crippen LogP contribution in [-0.4, -0.2) is 52.0 Å². The van der Waals surface area contributed by atoms with Crippen LogP contribution in [0, 0.1) is 0 Å². The van der Waals surface area contributed by atoms with E-state index in [4.69, 9.17) is 13.9 Å². The quantitative estimate of drug-likeness (QED) is 0.620. The Kier molecular flexibility index (Phi) is 5.51. The monoisotopic (exact) mass is 419 g/mol. The summed E-state index contributed by atoms with van der Waals surface area (Å²) in [6.07, 6.45) is 0.227. The molecule has 1 aromatic heterocycles. The van der Waals surface area contributed by atoms with Gasteiger partial charge >= 0.3 is 6.03 Å². The van der Waals surface area contributed by atoms with Gasteiger partial charge in [0.15, 0.2) is 11.5 Å². The lowest BCUT2D eigenvalue weighted by Gasteiger charge is -2.24. The molecule has 0 bridgehead atoms. The minimum atomic E-state index is -0.489. The first-order valence-electron chi connectivity index (χ1n) is 8.76. The number of ether oxygens (including phenoxy) is 2. The van der Waals surface area contributed by atoms with E-state index in [1.54, 1.807) is 6.07 Å². The molecule has 0 saturated carbocycles. The maximum Gasteiger partial charge on any atom is 0.324 e. The summed E-state index contributed by atoms with van der Waals surface area (Å²) in [5.74, 6) is 1.19. The smallest absolute Gasteiger partial charge is 0.324 e. The van der Waals surface area contributed by atoms with Crippen molar-refractivity contribution in [3.63, 3.8) is 0 Å². The zero-order valence-corrected chi connectivity index (χ0v) is 16.0. The minimum Gasteiger partial charge on any atom is -0.454 e. The Balaban J connectivity index is 1.21. The molecule has 12 heteroatoms. The van der Waals surface area contributed by atoms with Gasteiger partial charge in [-0.2, -0.15) is 0 Å². The number of carbonyl (C=O) groups is 3. The highest BCUT2D eigenvalue weighted by atomic mass is 32.2. The summed E-state index contributed by atoms with van der Waals surface area (Å²) < 4.78 is 16.0. The van der Waals surface area contributed by atoms with Crippen molar-refractivity contribution in [2.45, 2.75) is 24.7 Å². The standard InChI is InChI=1S/C17H17N5O6S/c23-13-3-4-22(16(25)19-13)7-15-20-21-17(28-15)29-8-14(24)18-6-10-1-2-11-12(5-10)27-9-26-11/h1-2,5H,3-4,6-9H2,(H,18,24)(H,19,23,25). The van der Waals surface area contributed by atoms with Gasteiger partial charge in [-0.3, -0.25) is 14.9 Å². The van der Waals surface area contributed by atoms with E-state index in [-0.39, 0.29) is 55.0 Å². The summed E-state index contributed by atoms with van der Waals surface area (Å²) >= 11 is 1.10. The first-order chi connectivity index (χ1) is 14.1. The van der Waals surface area contributed by atoms with Gasteiger partial charge in [0.1, 0.15) is 6.54 Å². The van der Waals surface area contributed by atoms with Crippen LogP contribution in [-0.2, 0) is 22.7 Å². The molecule has 2 aromatic rings. The molecule has 152 valence electrons. The van der Waals surface area contributed by atoms with Crippen LogP contribution in [0.3, 0.4) is 0 Å². The van der Waals surface area contributed by atoms with E-state index in [1.165, 1.54) is 4.90 Å². The fraction of sp³-hybridized carbons (Fsp3) is 0.353. The number of fused-ring (bicyclic) bond motifs is 1. The largest absolute Gasteiger partial charge is 0.454 e. The average molecular weight is 419 g/mol. The highest BCUT2D eigenvalue weighted by Crippen LogP contribution is 2.32. The molecule has 2 aliphatic heterocycles. The maximum atomic E-state index is 12.1. The number of amides is 4. The molecule has 0 atom stereocenters. The molecular weight excluding hydrogens is 402 g/mol. The summed E-state index contributed by atoms with van der Waals surface area (Å²) in [7, 11) is 0. The molecule has 0 aliphatic carbocycles. The molecule has 1 fully saturated rings. The molecule has 0 radical (unpaired) electrons. The van der Waals surface area contributed by atoms with Gasteiger partial charge in [0.25, 0.3) is 5.22 Å². The number of urea groups is 1. The molecular formula is C17H17N5O6S. The normalized spacial score (nSPS) is 15.4. The Morgan fingerprint density at radius 3 is 2.97 bits per heavy atom. The Labute approximate surface area is 169 Å². The summed E-state index contributed by atoms with van der Waals surface area (Å²) in [6.45, 7) is 0.948. The van der Waals surface area contributed by atoms with E-state index < -0.39 is 6.03 Å². The van der Waals surface area contributed by atoms with Crippen molar-refractivity contribution in [2.24, 2.45) is 0 Å². The van der Waals surface area contributed by atoms with Gasteiger partial charge in [0, 0.05) is 19.5 Å². The number of nitrogens with zero attached hydrogens (tertiary/aromatic N) is 3. The Bertz CT molecular complexity index is 948. The molecule has 1 aromatic carbocycles. The van der Waals surface area contributed by atoms with Crippen molar-refractivity contribution in [1.82, 2.24) is 25.7 Å². The fourth-order valence-electron chi connectivity index (χ4n) is 2.70. The average Bonchev–Trinajstić information content (AvgIpc) is 3.35. The van der Waals surface area contributed by atoms with Crippen molar-refractivity contribution in [1.29, 1.82) is 0 Å². The third-order valence-corrected chi connectivity index (χ3v) is 4.99. The van der Waals surface area contributed by atoms with Crippen molar-refractivity contribution in [3.8, 4) is 11.5 Å². The number of hydrogen-bond acceptors (Lipinski definition) is 9. The van der Waals surface area contributed by atoms with Gasteiger partial charge in [-0.05, 0) is 17.7 Å². The number of hydrogen-bond donors (Lipinski definition) is 2. The lowest BCUT2D eigenvalue weighted by molar-refractivity contribution is -0.121. The number of rotatable bonds is 7. The predicted molar refractivity (Wildman–Crippen MR) is 98.0 cm³/mol. The predicted octanol–water partition coefficient (Wildman–Crippen LogP) is 0.649. The topological polar surface area (TPSA) is 136 Å². The van der Waals surface area contributed by atoms with Crippen LogP contribution in [0.1, 0.15) is 17.9 Å². The second-order valence-electron chi connectivity index (χ2n) is 6.24. The summed E-state index contributed by atoms with van der Waals surface area (Å²) in [4.78, 5) is 36.3. The minimum absolute atomic E-state index is 0.100. The Hall–Kier alpha value is -3.28. The van der Waals surface area contributed by atoms with Crippen LogP contribution >= 0.6 is 11.8 Å².